The molecule has 0 spiro atoms. The van der Waals surface area contributed by atoms with Crippen molar-refractivity contribution >= 4 is 29.0 Å². The van der Waals surface area contributed by atoms with Crippen molar-refractivity contribution in [2.24, 2.45) is 11.3 Å². The lowest BCUT2D eigenvalue weighted by atomic mass is 9.72. The molecule has 0 saturated heterocycles. The molecule has 0 aliphatic heterocycles. The van der Waals surface area contributed by atoms with E-state index >= 15 is 0 Å². The summed E-state index contributed by atoms with van der Waals surface area (Å²) in [4.78, 5) is 12.2. The van der Waals surface area contributed by atoms with Gasteiger partial charge in [0.15, 0.2) is 5.78 Å². The quantitative estimate of drug-likeness (QED) is 0.767. The fourth-order valence-electron chi connectivity index (χ4n) is 2.58. The van der Waals surface area contributed by atoms with Gasteiger partial charge < -0.3 is 4.74 Å². The van der Waals surface area contributed by atoms with Crippen LogP contribution in [0, 0.1) is 11.3 Å². The van der Waals surface area contributed by atoms with Crippen molar-refractivity contribution < 1.29 is 9.53 Å². The topological polar surface area (TPSA) is 26.3 Å². The van der Waals surface area contributed by atoms with Crippen LogP contribution in [0.5, 0.6) is 5.75 Å². The van der Waals surface area contributed by atoms with E-state index < -0.39 is 0 Å². The summed E-state index contributed by atoms with van der Waals surface area (Å²) in [5.41, 5.74) is 0.372. The molecule has 1 saturated carbocycles. The molecule has 0 N–H and O–H groups in total. The number of hydrogen-bond donors (Lipinski definition) is 0. The van der Waals surface area contributed by atoms with E-state index in [0.29, 0.717) is 21.2 Å². The zero-order chi connectivity index (χ0) is 14.8. The molecule has 0 atom stereocenters. The molecular weight excluding hydrogens is 295 g/mol. The average Bonchev–Trinajstić information content (AvgIpc) is 2.37. The van der Waals surface area contributed by atoms with Gasteiger partial charge in [0.25, 0.3) is 0 Å². The zero-order valence-electron chi connectivity index (χ0n) is 11.9. The van der Waals surface area contributed by atoms with Gasteiger partial charge in [-0.15, -0.1) is 0 Å². The van der Waals surface area contributed by atoms with Gasteiger partial charge in [-0.3, -0.25) is 4.79 Å². The Hall–Kier alpha value is -0.730. The molecule has 0 aromatic heterocycles. The number of halogens is 2. The van der Waals surface area contributed by atoms with Crippen LogP contribution in [0.3, 0.4) is 0 Å². The van der Waals surface area contributed by atoms with Gasteiger partial charge in [0.1, 0.15) is 12.4 Å². The van der Waals surface area contributed by atoms with Crippen LogP contribution in [-0.4, -0.2) is 12.4 Å². The van der Waals surface area contributed by atoms with Crippen molar-refractivity contribution in [1.82, 2.24) is 0 Å². The van der Waals surface area contributed by atoms with Gasteiger partial charge in [0, 0.05) is 10.9 Å². The third-order valence-corrected chi connectivity index (χ3v) is 4.59. The van der Waals surface area contributed by atoms with Gasteiger partial charge in [-0.1, -0.05) is 37.0 Å². The van der Waals surface area contributed by atoms with E-state index in [4.69, 9.17) is 27.9 Å². The molecule has 110 valence electrons. The highest BCUT2D eigenvalue weighted by atomic mass is 35.5. The highest BCUT2D eigenvalue weighted by Crippen LogP contribution is 2.38. The van der Waals surface area contributed by atoms with Gasteiger partial charge >= 0.3 is 0 Å². The molecule has 4 heteroatoms. The Balaban J connectivity index is 1.86. The summed E-state index contributed by atoms with van der Waals surface area (Å²) in [6, 6.07) is 5.02. The van der Waals surface area contributed by atoms with Crippen molar-refractivity contribution in [3.8, 4) is 5.75 Å². The Bertz CT molecular complexity index is 487. The molecule has 1 aliphatic rings. The normalized spacial score (nSPS) is 18.8. The maximum atomic E-state index is 12.2. The van der Waals surface area contributed by atoms with Crippen LogP contribution in [0.4, 0.5) is 0 Å². The molecule has 1 fully saturated rings. The SMILES string of the molecule is CC1(C)CCC(C(=O)COc2ccc(Cl)cc2Cl)CC1. The van der Waals surface area contributed by atoms with E-state index in [1.807, 2.05) is 0 Å². The Morgan fingerprint density at radius 2 is 1.95 bits per heavy atom. The maximum Gasteiger partial charge on any atom is 0.173 e. The molecule has 0 radical (unpaired) electrons. The molecule has 2 nitrogen and oxygen atoms in total. The molecule has 1 aromatic carbocycles. The Morgan fingerprint density at radius 1 is 1.30 bits per heavy atom. The highest BCUT2D eigenvalue weighted by Gasteiger charge is 2.30. The lowest BCUT2D eigenvalue weighted by Crippen LogP contribution is -2.29. The van der Waals surface area contributed by atoms with Crippen LogP contribution < -0.4 is 4.74 Å². The summed E-state index contributed by atoms with van der Waals surface area (Å²) in [6.45, 7) is 4.61. The molecule has 1 aromatic rings. The van der Waals surface area contributed by atoms with Crippen LogP contribution in [0.15, 0.2) is 18.2 Å². The first-order chi connectivity index (χ1) is 9.37. The second kappa shape index (κ2) is 6.36. The molecule has 0 heterocycles. The summed E-state index contributed by atoms with van der Waals surface area (Å²) < 4.78 is 5.52. The monoisotopic (exact) mass is 314 g/mol. The summed E-state index contributed by atoms with van der Waals surface area (Å²) in [6.07, 6.45) is 4.13. The lowest BCUT2D eigenvalue weighted by Gasteiger charge is -2.33. The third-order valence-electron chi connectivity index (χ3n) is 4.06. The smallest absolute Gasteiger partial charge is 0.173 e. The molecule has 0 amide bonds. The van der Waals surface area contributed by atoms with Crippen LogP contribution in [0.1, 0.15) is 39.5 Å². The van der Waals surface area contributed by atoms with Crippen molar-refractivity contribution in [3.63, 3.8) is 0 Å². The minimum absolute atomic E-state index is 0.0897. The number of Topliss-reactive ketones (excluding diaryl/α,β-unsaturated/α-hetero) is 1. The first kappa shape index (κ1) is 15.7. The number of ether oxygens (including phenoxy) is 1. The van der Waals surface area contributed by atoms with Gasteiger partial charge in [-0.25, -0.2) is 0 Å². The number of hydrogen-bond acceptors (Lipinski definition) is 2. The molecule has 20 heavy (non-hydrogen) atoms. The maximum absolute atomic E-state index is 12.2. The minimum Gasteiger partial charge on any atom is -0.484 e. The van der Waals surface area contributed by atoms with Crippen molar-refractivity contribution in [2.75, 3.05) is 6.61 Å². The summed E-state index contributed by atoms with van der Waals surface area (Å²) in [5.74, 6) is 0.821. The van der Waals surface area contributed by atoms with Crippen LogP contribution in [-0.2, 0) is 4.79 Å². The number of rotatable bonds is 4. The standard InChI is InChI=1S/C16H20Cl2O2/c1-16(2)7-5-11(6-8-16)14(19)10-20-15-4-3-12(17)9-13(15)18/h3-4,9,11H,5-8,10H2,1-2H3. The van der Waals surface area contributed by atoms with Crippen molar-refractivity contribution in [2.45, 2.75) is 39.5 Å². The predicted molar refractivity (Wildman–Crippen MR) is 82.7 cm³/mol. The fraction of sp³-hybridized carbons (Fsp3) is 0.562. The van der Waals surface area contributed by atoms with Crippen molar-refractivity contribution in [3.05, 3.63) is 28.2 Å². The largest absolute Gasteiger partial charge is 0.484 e. The van der Waals surface area contributed by atoms with Crippen LogP contribution in [0.2, 0.25) is 10.0 Å². The van der Waals surface area contributed by atoms with Crippen molar-refractivity contribution in [1.29, 1.82) is 0 Å². The highest BCUT2D eigenvalue weighted by molar-refractivity contribution is 6.35. The first-order valence-electron chi connectivity index (χ1n) is 6.98. The van der Waals surface area contributed by atoms with Gasteiger partial charge in [0.05, 0.1) is 5.02 Å². The van der Waals surface area contributed by atoms with Crippen LogP contribution in [0.25, 0.3) is 0 Å². The third kappa shape index (κ3) is 4.13. The average molecular weight is 315 g/mol. The van der Waals surface area contributed by atoms with Gasteiger partial charge in [0.2, 0.25) is 0 Å². The second-order valence-corrected chi connectivity index (χ2v) is 7.11. The lowest BCUT2D eigenvalue weighted by molar-refractivity contribution is -0.126. The Labute approximate surface area is 130 Å². The second-order valence-electron chi connectivity index (χ2n) is 6.27. The number of carbonyl (C=O) groups is 1. The number of benzene rings is 1. The van der Waals surface area contributed by atoms with Gasteiger partial charge in [-0.05, 0) is 49.3 Å². The van der Waals surface area contributed by atoms with E-state index in [1.165, 1.54) is 0 Å². The first-order valence-corrected chi connectivity index (χ1v) is 7.73. The molecular formula is C16H20Cl2O2. The van der Waals surface area contributed by atoms with Crippen LogP contribution >= 0.6 is 23.2 Å². The fourth-order valence-corrected chi connectivity index (χ4v) is 3.04. The minimum atomic E-state index is 0.0897. The van der Waals surface area contributed by atoms with E-state index in [1.54, 1.807) is 18.2 Å². The summed E-state index contributed by atoms with van der Waals surface area (Å²) >= 11 is 11.8. The number of carbonyl (C=O) groups excluding carboxylic acids is 1. The van der Waals surface area contributed by atoms with E-state index in [-0.39, 0.29) is 18.3 Å². The molecule has 0 bridgehead atoms. The zero-order valence-corrected chi connectivity index (χ0v) is 13.4. The Morgan fingerprint density at radius 3 is 2.55 bits per heavy atom. The number of ketones is 1. The predicted octanol–water partition coefficient (Wildman–Crippen LogP) is 5.16. The Kier molecular flexibility index (Phi) is 4.98. The molecule has 0 unspecified atom stereocenters. The summed E-state index contributed by atoms with van der Waals surface area (Å²) in [7, 11) is 0. The summed E-state index contributed by atoms with van der Waals surface area (Å²) in [5, 5.41) is 0.998. The van der Waals surface area contributed by atoms with E-state index in [2.05, 4.69) is 13.8 Å². The van der Waals surface area contributed by atoms with E-state index in [9.17, 15) is 4.79 Å². The van der Waals surface area contributed by atoms with Gasteiger partial charge in [-0.2, -0.15) is 0 Å². The van der Waals surface area contributed by atoms with E-state index in [0.717, 1.165) is 25.7 Å². The molecule has 2 rings (SSSR count). The molecule has 1 aliphatic carbocycles.